The first kappa shape index (κ1) is 21.8. The van der Waals surface area contributed by atoms with Gasteiger partial charge in [-0.1, -0.05) is 103 Å². The van der Waals surface area contributed by atoms with E-state index in [4.69, 9.17) is 9.97 Å². The van der Waals surface area contributed by atoms with E-state index in [0.717, 1.165) is 32.5 Å². The zero-order chi connectivity index (χ0) is 26.2. The number of benzene rings is 6. The van der Waals surface area contributed by atoms with Gasteiger partial charge in [0.1, 0.15) is 0 Å². The lowest BCUT2D eigenvalue weighted by atomic mass is 10.0. The van der Waals surface area contributed by atoms with Gasteiger partial charge in [0.2, 0.25) is 5.95 Å². The predicted octanol–water partition coefficient (Wildman–Crippen LogP) is 9.91. The van der Waals surface area contributed by atoms with E-state index < -0.39 is 0 Å². The minimum absolute atomic E-state index is 0.695. The van der Waals surface area contributed by atoms with Gasteiger partial charge in [-0.2, -0.15) is 0 Å². The van der Waals surface area contributed by atoms with Crippen LogP contribution in [0.1, 0.15) is 0 Å². The summed E-state index contributed by atoms with van der Waals surface area (Å²) in [5, 5.41) is 8.52. The second-order valence-electron chi connectivity index (χ2n) is 10.2. The molecule has 6 aromatic carbocycles. The van der Waals surface area contributed by atoms with E-state index in [1.807, 2.05) is 0 Å². The van der Waals surface area contributed by atoms with Crippen LogP contribution in [0.3, 0.4) is 0 Å². The largest absolute Gasteiger partial charge is 0.278 e. The SMILES string of the molecule is c1ccc(-c2nc(-n3c4cc5ccccc5cc4c4c5ccccc5ccc43)nc3c2sc2ccccc23)cc1. The molecule has 9 rings (SSSR count). The zero-order valence-electron chi connectivity index (χ0n) is 21.4. The van der Waals surface area contributed by atoms with Crippen LogP contribution >= 0.6 is 11.3 Å². The molecule has 4 heteroatoms. The van der Waals surface area contributed by atoms with Crippen molar-refractivity contribution in [2.24, 2.45) is 0 Å². The van der Waals surface area contributed by atoms with Gasteiger partial charge < -0.3 is 0 Å². The lowest BCUT2D eigenvalue weighted by molar-refractivity contribution is 1.02. The Morgan fingerprint density at radius 1 is 0.525 bits per heavy atom. The van der Waals surface area contributed by atoms with Crippen molar-refractivity contribution in [2.75, 3.05) is 0 Å². The van der Waals surface area contributed by atoms with Gasteiger partial charge in [-0.25, -0.2) is 9.97 Å². The molecule has 9 aromatic rings. The van der Waals surface area contributed by atoms with Crippen LogP contribution in [-0.2, 0) is 0 Å². The predicted molar refractivity (Wildman–Crippen MR) is 170 cm³/mol. The molecule has 0 fully saturated rings. The molecule has 0 saturated carbocycles. The monoisotopic (exact) mass is 527 g/mol. The minimum atomic E-state index is 0.695. The molecule has 40 heavy (non-hydrogen) atoms. The third-order valence-corrected chi connectivity index (χ3v) is 9.14. The van der Waals surface area contributed by atoms with E-state index in [0.29, 0.717) is 5.95 Å². The number of hydrogen-bond donors (Lipinski definition) is 0. The third kappa shape index (κ3) is 3.05. The maximum absolute atomic E-state index is 5.33. The molecule has 3 heterocycles. The highest BCUT2D eigenvalue weighted by atomic mass is 32.1. The van der Waals surface area contributed by atoms with Gasteiger partial charge >= 0.3 is 0 Å². The van der Waals surface area contributed by atoms with Crippen molar-refractivity contribution in [1.82, 2.24) is 14.5 Å². The van der Waals surface area contributed by atoms with Gasteiger partial charge in [0, 0.05) is 26.4 Å². The lowest BCUT2D eigenvalue weighted by Crippen LogP contribution is -2.02. The Morgan fingerprint density at radius 3 is 2.08 bits per heavy atom. The van der Waals surface area contributed by atoms with Crippen molar-refractivity contribution in [3.05, 3.63) is 127 Å². The molecule has 0 amide bonds. The van der Waals surface area contributed by atoms with Gasteiger partial charge in [0.25, 0.3) is 0 Å². The molecule has 186 valence electrons. The van der Waals surface area contributed by atoms with Crippen LogP contribution < -0.4 is 0 Å². The fraction of sp³-hybridized carbons (Fsp3) is 0. The first-order valence-electron chi connectivity index (χ1n) is 13.4. The fourth-order valence-electron chi connectivity index (χ4n) is 6.16. The summed E-state index contributed by atoms with van der Waals surface area (Å²) in [5.74, 6) is 0.695. The molecule has 0 radical (unpaired) electrons. The van der Waals surface area contributed by atoms with Gasteiger partial charge in [-0.05, 0) is 45.8 Å². The fourth-order valence-corrected chi connectivity index (χ4v) is 7.31. The Bertz CT molecular complexity index is 2430. The van der Waals surface area contributed by atoms with Gasteiger partial charge in [-0.15, -0.1) is 11.3 Å². The molecule has 0 unspecified atom stereocenters. The summed E-state index contributed by atoms with van der Waals surface area (Å²) in [6.07, 6.45) is 0. The Hall–Kier alpha value is -5.06. The third-order valence-electron chi connectivity index (χ3n) is 7.98. The molecule has 0 aliphatic rings. The number of hydrogen-bond acceptors (Lipinski definition) is 3. The average Bonchev–Trinajstić information content (AvgIpc) is 3.55. The molecule has 0 bridgehead atoms. The van der Waals surface area contributed by atoms with E-state index in [2.05, 4.69) is 132 Å². The van der Waals surface area contributed by atoms with Crippen molar-refractivity contribution in [3.8, 4) is 17.2 Å². The van der Waals surface area contributed by atoms with Crippen LogP contribution in [0.15, 0.2) is 127 Å². The number of aromatic nitrogens is 3. The Balaban J connectivity index is 1.49. The number of rotatable bonds is 2. The summed E-state index contributed by atoms with van der Waals surface area (Å²) in [7, 11) is 0. The van der Waals surface area contributed by atoms with Crippen LogP contribution in [0.4, 0.5) is 0 Å². The molecule has 3 aromatic heterocycles. The summed E-state index contributed by atoms with van der Waals surface area (Å²) in [4.78, 5) is 10.6. The van der Waals surface area contributed by atoms with Crippen LogP contribution in [-0.4, -0.2) is 14.5 Å². The normalized spacial score (nSPS) is 12.0. The molecule has 0 aliphatic heterocycles. The first-order valence-corrected chi connectivity index (χ1v) is 14.2. The summed E-state index contributed by atoms with van der Waals surface area (Å²) in [6.45, 7) is 0. The lowest BCUT2D eigenvalue weighted by Gasteiger charge is -2.10. The minimum Gasteiger partial charge on any atom is -0.278 e. The van der Waals surface area contributed by atoms with Crippen molar-refractivity contribution in [1.29, 1.82) is 0 Å². The van der Waals surface area contributed by atoms with Crippen molar-refractivity contribution >= 4 is 75.0 Å². The molecule has 0 saturated heterocycles. The van der Waals surface area contributed by atoms with Gasteiger partial charge in [0.15, 0.2) is 0 Å². The number of thiophene rings is 1. The van der Waals surface area contributed by atoms with Gasteiger partial charge in [-0.3, -0.25) is 4.57 Å². The van der Waals surface area contributed by atoms with Crippen molar-refractivity contribution < 1.29 is 0 Å². The molecule has 0 N–H and O–H groups in total. The molecule has 0 aliphatic carbocycles. The van der Waals surface area contributed by atoms with Crippen LogP contribution in [0.5, 0.6) is 0 Å². The maximum atomic E-state index is 5.33. The Morgan fingerprint density at radius 2 is 1.23 bits per heavy atom. The molecular weight excluding hydrogens is 506 g/mol. The standard InChI is InChI=1S/C36H21N3S/c1-2-11-23(12-3-1)33-35-34(27-16-8-9-17-31(27)40-35)38-36(37-33)39-29-19-18-22-10-6-7-15-26(22)32(29)28-20-24-13-4-5-14-25(24)21-30(28)39/h1-21H. The van der Waals surface area contributed by atoms with E-state index in [1.165, 1.54) is 42.4 Å². The van der Waals surface area contributed by atoms with E-state index >= 15 is 0 Å². The zero-order valence-corrected chi connectivity index (χ0v) is 22.2. The maximum Gasteiger partial charge on any atom is 0.235 e. The molecule has 0 atom stereocenters. The Kier molecular flexibility index (Phi) is 4.48. The Labute approximate surface area is 233 Å². The van der Waals surface area contributed by atoms with E-state index in [-0.39, 0.29) is 0 Å². The highest BCUT2D eigenvalue weighted by Crippen LogP contribution is 2.41. The van der Waals surface area contributed by atoms with E-state index in [9.17, 15) is 0 Å². The second kappa shape index (κ2) is 8.22. The second-order valence-corrected chi connectivity index (χ2v) is 11.3. The highest BCUT2D eigenvalue weighted by Gasteiger charge is 2.21. The summed E-state index contributed by atoms with van der Waals surface area (Å²) < 4.78 is 4.61. The first-order chi connectivity index (χ1) is 19.8. The summed E-state index contributed by atoms with van der Waals surface area (Å²) in [5.41, 5.74) is 5.30. The van der Waals surface area contributed by atoms with E-state index in [1.54, 1.807) is 11.3 Å². The van der Waals surface area contributed by atoms with Crippen LogP contribution in [0.2, 0.25) is 0 Å². The van der Waals surface area contributed by atoms with Crippen molar-refractivity contribution in [2.45, 2.75) is 0 Å². The quantitative estimate of drug-likeness (QED) is 0.224. The molecular formula is C36H21N3S. The topological polar surface area (TPSA) is 30.7 Å². The summed E-state index contributed by atoms with van der Waals surface area (Å²) in [6, 6.07) is 45.3. The highest BCUT2D eigenvalue weighted by molar-refractivity contribution is 7.26. The summed E-state index contributed by atoms with van der Waals surface area (Å²) >= 11 is 1.77. The molecule has 0 spiro atoms. The number of nitrogens with zero attached hydrogens (tertiary/aromatic N) is 3. The van der Waals surface area contributed by atoms with Crippen molar-refractivity contribution in [3.63, 3.8) is 0 Å². The van der Waals surface area contributed by atoms with Crippen LogP contribution in [0, 0.1) is 0 Å². The number of fused-ring (bicyclic) bond motifs is 9. The average molecular weight is 528 g/mol. The van der Waals surface area contributed by atoms with Crippen LogP contribution in [0.25, 0.3) is 80.9 Å². The smallest absolute Gasteiger partial charge is 0.235 e. The van der Waals surface area contributed by atoms with Gasteiger partial charge in [0.05, 0.1) is 26.9 Å². The molecule has 3 nitrogen and oxygen atoms in total.